The van der Waals surface area contributed by atoms with E-state index in [4.69, 9.17) is 0 Å². The van der Waals surface area contributed by atoms with Crippen LogP contribution in [0.5, 0.6) is 5.75 Å². The van der Waals surface area contributed by atoms with Crippen LogP contribution in [0, 0.1) is 5.92 Å². The largest absolute Gasteiger partial charge is 0.573 e. The summed E-state index contributed by atoms with van der Waals surface area (Å²) in [7, 11) is 0. The van der Waals surface area contributed by atoms with Gasteiger partial charge in [0.05, 0.1) is 0 Å². The molecule has 1 aliphatic rings. The fourth-order valence-corrected chi connectivity index (χ4v) is 1.98. The molecule has 102 valence electrons. The van der Waals surface area contributed by atoms with E-state index in [2.05, 4.69) is 23.8 Å². The van der Waals surface area contributed by atoms with Crippen molar-refractivity contribution in [2.45, 2.75) is 26.1 Å². The molecule has 1 atom stereocenters. The average Bonchev–Trinajstić information content (AvgIpc) is 2.53. The Hall–Kier alpha value is -1.71. The zero-order valence-electron chi connectivity index (χ0n) is 10.6. The van der Waals surface area contributed by atoms with Crippen LogP contribution < -0.4 is 4.74 Å². The Morgan fingerprint density at radius 2 is 1.79 bits per heavy atom. The SMILES string of the molecule is CC1CC=CC(c2ccc(OC(F)(F)F)cc2)=CC1. The maximum absolute atomic E-state index is 12.0. The summed E-state index contributed by atoms with van der Waals surface area (Å²) in [6.45, 7) is 2.17. The van der Waals surface area contributed by atoms with E-state index in [0.717, 1.165) is 24.0 Å². The Morgan fingerprint density at radius 1 is 1.11 bits per heavy atom. The van der Waals surface area contributed by atoms with Gasteiger partial charge in [0.25, 0.3) is 0 Å². The van der Waals surface area contributed by atoms with Crippen molar-refractivity contribution in [3.8, 4) is 5.75 Å². The van der Waals surface area contributed by atoms with Crippen LogP contribution in [-0.4, -0.2) is 6.36 Å². The lowest BCUT2D eigenvalue weighted by atomic mass is 10.0. The minimum Gasteiger partial charge on any atom is -0.406 e. The third-order valence-corrected chi connectivity index (χ3v) is 3.00. The van der Waals surface area contributed by atoms with E-state index >= 15 is 0 Å². The van der Waals surface area contributed by atoms with Gasteiger partial charge in [-0.1, -0.05) is 37.3 Å². The monoisotopic (exact) mass is 268 g/mol. The topological polar surface area (TPSA) is 9.23 Å². The summed E-state index contributed by atoms with van der Waals surface area (Å²) < 4.78 is 40.0. The number of halogens is 3. The first-order valence-corrected chi connectivity index (χ1v) is 6.17. The Labute approximate surface area is 110 Å². The molecule has 0 N–H and O–H groups in total. The number of allylic oxidation sites excluding steroid dienone is 4. The zero-order valence-corrected chi connectivity index (χ0v) is 10.6. The second kappa shape index (κ2) is 5.51. The van der Waals surface area contributed by atoms with Crippen molar-refractivity contribution in [2.24, 2.45) is 5.92 Å². The molecule has 0 radical (unpaired) electrons. The van der Waals surface area contributed by atoms with Crippen LogP contribution in [0.15, 0.2) is 42.5 Å². The van der Waals surface area contributed by atoms with Crippen molar-refractivity contribution in [3.63, 3.8) is 0 Å². The molecule has 1 aromatic carbocycles. The van der Waals surface area contributed by atoms with E-state index in [0.29, 0.717) is 5.92 Å². The van der Waals surface area contributed by atoms with Gasteiger partial charge in [0.1, 0.15) is 5.75 Å². The first kappa shape index (κ1) is 13.7. The fourth-order valence-electron chi connectivity index (χ4n) is 1.98. The quantitative estimate of drug-likeness (QED) is 0.737. The Balaban J connectivity index is 2.14. The molecular weight excluding hydrogens is 253 g/mol. The molecule has 1 nitrogen and oxygen atoms in total. The smallest absolute Gasteiger partial charge is 0.406 e. The number of ether oxygens (including phenoxy) is 1. The van der Waals surface area contributed by atoms with Crippen LogP contribution in [-0.2, 0) is 0 Å². The molecule has 0 aliphatic heterocycles. The molecule has 1 aromatic rings. The highest BCUT2D eigenvalue weighted by Crippen LogP contribution is 2.27. The van der Waals surface area contributed by atoms with E-state index < -0.39 is 6.36 Å². The van der Waals surface area contributed by atoms with Crippen LogP contribution in [0.1, 0.15) is 25.3 Å². The van der Waals surface area contributed by atoms with E-state index in [1.807, 2.05) is 6.08 Å². The van der Waals surface area contributed by atoms with Gasteiger partial charge in [0.15, 0.2) is 0 Å². The van der Waals surface area contributed by atoms with E-state index in [9.17, 15) is 13.2 Å². The molecule has 0 aromatic heterocycles. The van der Waals surface area contributed by atoms with Crippen molar-refractivity contribution < 1.29 is 17.9 Å². The summed E-state index contributed by atoms with van der Waals surface area (Å²) in [4.78, 5) is 0. The molecule has 0 saturated carbocycles. The fraction of sp³-hybridized carbons (Fsp3) is 0.333. The average molecular weight is 268 g/mol. The summed E-state index contributed by atoms with van der Waals surface area (Å²) in [5.41, 5.74) is 1.95. The van der Waals surface area contributed by atoms with Gasteiger partial charge in [-0.2, -0.15) is 0 Å². The molecule has 0 spiro atoms. The van der Waals surface area contributed by atoms with Gasteiger partial charge >= 0.3 is 6.36 Å². The first-order chi connectivity index (χ1) is 8.94. The summed E-state index contributed by atoms with van der Waals surface area (Å²) in [5.74, 6) is 0.407. The molecule has 0 amide bonds. The van der Waals surface area contributed by atoms with Crippen LogP contribution in [0.3, 0.4) is 0 Å². The van der Waals surface area contributed by atoms with Crippen molar-refractivity contribution in [1.29, 1.82) is 0 Å². The van der Waals surface area contributed by atoms with E-state index in [-0.39, 0.29) is 5.75 Å². The van der Waals surface area contributed by atoms with Crippen molar-refractivity contribution in [2.75, 3.05) is 0 Å². The van der Waals surface area contributed by atoms with Gasteiger partial charge in [0.2, 0.25) is 0 Å². The Kier molecular flexibility index (Phi) is 3.98. The second-order valence-corrected chi connectivity index (χ2v) is 4.71. The number of hydrogen-bond acceptors (Lipinski definition) is 1. The van der Waals surface area contributed by atoms with Crippen LogP contribution >= 0.6 is 0 Å². The third kappa shape index (κ3) is 4.16. The highest BCUT2D eigenvalue weighted by molar-refractivity contribution is 5.74. The maximum atomic E-state index is 12.0. The maximum Gasteiger partial charge on any atom is 0.573 e. The highest BCUT2D eigenvalue weighted by Gasteiger charge is 2.30. The van der Waals surface area contributed by atoms with Crippen LogP contribution in [0.25, 0.3) is 5.57 Å². The lowest BCUT2D eigenvalue weighted by molar-refractivity contribution is -0.274. The third-order valence-electron chi connectivity index (χ3n) is 3.00. The standard InChI is InChI=1S/C15H15F3O/c1-11-3-2-4-12(6-5-11)13-7-9-14(10-8-13)19-15(16,17)18/h2,4,6-11H,3,5H2,1H3. The Bertz CT molecular complexity index is 483. The molecule has 2 rings (SSSR count). The van der Waals surface area contributed by atoms with Gasteiger partial charge in [-0.3, -0.25) is 0 Å². The zero-order chi connectivity index (χ0) is 13.9. The summed E-state index contributed by atoms with van der Waals surface area (Å²) in [6.07, 6.45) is 3.59. The predicted octanol–water partition coefficient (Wildman–Crippen LogP) is 4.95. The van der Waals surface area contributed by atoms with Crippen molar-refractivity contribution in [3.05, 3.63) is 48.1 Å². The normalized spacial score (nSPS) is 19.8. The second-order valence-electron chi connectivity index (χ2n) is 4.71. The van der Waals surface area contributed by atoms with Crippen LogP contribution in [0.2, 0.25) is 0 Å². The Morgan fingerprint density at radius 3 is 2.42 bits per heavy atom. The first-order valence-electron chi connectivity index (χ1n) is 6.17. The molecule has 4 heteroatoms. The summed E-state index contributed by atoms with van der Waals surface area (Å²) in [6, 6.07) is 5.97. The lowest BCUT2D eigenvalue weighted by Gasteiger charge is -2.09. The molecule has 19 heavy (non-hydrogen) atoms. The molecule has 0 heterocycles. The molecule has 1 unspecified atom stereocenters. The predicted molar refractivity (Wildman–Crippen MR) is 68.6 cm³/mol. The highest BCUT2D eigenvalue weighted by atomic mass is 19.4. The lowest BCUT2D eigenvalue weighted by Crippen LogP contribution is -2.16. The molecule has 0 bridgehead atoms. The van der Waals surface area contributed by atoms with E-state index in [1.54, 1.807) is 12.1 Å². The number of hydrogen-bond donors (Lipinski definition) is 0. The summed E-state index contributed by atoms with van der Waals surface area (Å²) >= 11 is 0. The van der Waals surface area contributed by atoms with E-state index in [1.165, 1.54) is 12.1 Å². The minimum atomic E-state index is -4.64. The minimum absolute atomic E-state index is 0.192. The number of alkyl halides is 3. The van der Waals surface area contributed by atoms with Gasteiger partial charge in [-0.25, -0.2) is 0 Å². The van der Waals surface area contributed by atoms with Gasteiger partial charge < -0.3 is 4.74 Å². The van der Waals surface area contributed by atoms with Crippen LogP contribution in [0.4, 0.5) is 13.2 Å². The molecule has 0 saturated heterocycles. The summed E-state index contributed by atoms with van der Waals surface area (Å²) in [5, 5.41) is 0. The van der Waals surface area contributed by atoms with Crippen molar-refractivity contribution >= 4 is 5.57 Å². The molecular formula is C15H15F3O. The number of benzene rings is 1. The van der Waals surface area contributed by atoms with Gasteiger partial charge in [0, 0.05) is 0 Å². The van der Waals surface area contributed by atoms with Gasteiger partial charge in [-0.15, -0.1) is 13.2 Å². The molecule has 1 aliphatic carbocycles. The van der Waals surface area contributed by atoms with Crippen molar-refractivity contribution in [1.82, 2.24) is 0 Å². The van der Waals surface area contributed by atoms with Gasteiger partial charge in [-0.05, 0) is 42.0 Å². The number of rotatable bonds is 2. The molecule has 0 fully saturated rings.